The van der Waals surface area contributed by atoms with Crippen molar-refractivity contribution in [1.82, 2.24) is 9.78 Å². The van der Waals surface area contributed by atoms with Crippen LogP contribution in [0.5, 0.6) is 0 Å². The molecular formula is C21H19N3O3S. The van der Waals surface area contributed by atoms with E-state index in [1.165, 1.54) is 11.8 Å². The molecule has 4 rings (SSSR count). The van der Waals surface area contributed by atoms with Gasteiger partial charge in [-0.2, -0.15) is 5.10 Å². The summed E-state index contributed by atoms with van der Waals surface area (Å²) in [5.41, 5.74) is 3.81. The van der Waals surface area contributed by atoms with E-state index in [9.17, 15) is 9.59 Å². The van der Waals surface area contributed by atoms with Crippen LogP contribution in [0.15, 0.2) is 54.6 Å². The fourth-order valence-corrected chi connectivity index (χ4v) is 4.65. The number of carbonyl (C=O) groups is 2. The van der Waals surface area contributed by atoms with E-state index in [0.717, 1.165) is 22.5 Å². The van der Waals surface area contributed by atoms with Crippen LogP contribution in [-0.2, 0) is 4.79 Å². The van der Waals surface area contributed by atoms with Crippen molar-refractivity contribution in [3.05, 3.63) is 77.0 Å². The molecule has 6 nitrogen and oxygen atoms in total. The molecule has 3 aromatic rings. The van der Waals surface area contributed by atoms with Gasteiger partial charge in [-0.15, -0.1) is 11.8 Å². The van der Waals surface area contributed by atoms with E-state index in [1.54, 1.807) is 16.8 Å². The Labute approximate surface area is 166 Å². The summed E-state index contributed by atoms with van der Waals surface area (Å²) in [5, 5.41) is 16.5. The topological polar surface area (TPSA) is 84.2 Å². The van der Waals surface area contributed by atoms with Crippen LogP contribution in [-0.4, -0.2) is 32.0 Å². The van der Waals surface area contributed by atoms with Crippen LogP contribution in [0.4, 0.5) is 5.82 Å². The number of nitrogens with zero attached hydrogens (tertiary/aromatic N) is 2. The SMILES string of the molecule is Cc1nn(-c2ccccc2)c2c1[C@@H](c1ccc(C(=O)O)cc1)S[C@H](C)C(=O)N2. The van der Waals surface area contributed by atoms with Crippen LogP contribution < -0.4 is 5.32 Å². The summed E-state index contributed by atoms with van der Waals surface area (Å²) in [6.07, 6.45) is 0. The first kappa shape index (κ1) is 18.3. The summed E-state index contributed by atoms with van der Waals surface area (Å²) in [6, 6.07) is 16.5. The molecule has 0 radical (unpaired) electrons. The number of aryl methyl sites for hydroxylation is 1. The molecule has 0 spiro atoms. The molecule has 0 aliphatic carbocycles. The number of carboxylic acids is 1. The van der Waals surface area contributed by atoms with Gasteiger partial charge in [0.05, 0.1) is 27.4 Å². The molecule has 1 amide bonds. The molecular weight excluding hydrogens is 374 g/mol. The van der Waals surface area contributed by atoms with Crippen molar-refractivity contribution in [3.63, 3.8) is 0 Å². The molecule has 1 aliphatic heterocycles. The molecule has 0 bridgehead atoms. The second kappa shape index (κ2) is 7.16. The van der Waals surface area contributed by atoms with E-state index in [4.69, 9.17) is 5.11 Å². The van der Waals surface area contributed by atoms with Crippen LogP contribution in [0.25, 0.3) is 5.69 Å². The van der Waals surface area contributed by atoms with Crippen molar-refractivity contribution in [2.75, 3.05) is 5.32 Å². The molecule has 28 heavy (non-hydrogen) atoms. The second-order valence-electron chi connectivity index (χ2n) is 6.67. The van der Waals surface area contributed by atoms with Gasteiger partial charge in [-0.1, -0.05) is 30.3 Å². The lowest BCUT2D eigenvalue weighted by Gasteiger charge is -2.17. The molecule has 2 atom stereocenters. The number of rotatable bonds is 3. The predicted molar refractivity (Wildman–Crippen MR) is 109 cm³/mol. The van der Waals surface area contributed by atoms with Gasteiger partial charge < -0.3 is 10.4 Å². The lowest BCUT2D eigenvalue weighted by molar-refractivity contribution is -0.115. The fraction of sp³-hybridized carbons (Fsp3) is 0.190. The molecule has 0 saturated carbocycles. The number of hydrogen-bond acceptors (Lipinski definition) is 4. The van der Waals surface area contributed by atoms with E-state index < -0.39 is 5.97 Å². The highest BCUT2D eigenvalue weighted by Gasteiger charge is 2.34. The molecule has 142 valence electrons. The normalized spacial score (nSPS) is 18.9. The van der Waals surface area contributed by atoms with Gasteiger partial charge in [0.2, 0.25) is 5.91 Å². The predicted octanol–water partition coefficient (Wildman–Crippen LogP) is 4.04. The second-order valence-corrected chi connectivity index (χ2v) is 8.12. The molecule has 1 aliphatic rings. The Morgan fingerprint density at radius 3 is 2.46 bits per heavy atom. The van der Waals surface area contributed by atoms with E-state index in [1.807, 2.05) is 56.3 Å². The van der Waals surface area contributed by atoms with Gasteiger partial charge in [-0.3, -0.25) is 4.79 Å². The van der Waals surface area contributed by atoms with E-state index >= 15 is 0 Å². The van der Waals surface area contributed by atoms with Crippen LogP contribution in [0.3, 0.4) is 0 Å². The highest BCUT2D eigenvalue weighted by atomic mass is 32.2. The van der Waals surface area contributed by atoms with Gasteiger partial charge in [-0.25, -0.2) is 9.48 Å². The number of aromatic carboxylic acids is 1. The van der Waals surface area contributed by atoms with Gasteiger partial charge in [0.15, 0.2) is 0 Å². The van der Waals surface area contributed by atoms with Crippen molar-refractivity contribution in [2.24, 2.45) is 0 Å². The highest BCUT2D eigenvalue weighted by molar-refractivity contribution is 8.01. The average molecular weight is 393 g/mol. The Bertz CT molecular complexity index is 1040. The standard InChI is InChI=1S/C21H19N3O3S/c1-12-17-18(14-8-10-15(11-9-14)21(26)27)28-13(2)20(25)22-19(17)24(23-12)16-6-4-3-5-7-16/h3-11,13,18H,1-2H3,(H,22,25)(H,26,27)/t13-,18-/m1/s1. The monoisotopic (exact) mass is 393 g/mol. The smallest absolute Gasteiger partial charge is 0.335 e. The third kappa shape index (κ3) is 3.18. The summed E-state index contributed by atoms with van der Waals surface area (Å²) in [5.74, 6) is -0.370. The number of nitrogens with one attached hydrogen (secondary N) is 1. The van der Waals surface area contributed by atoms with Gasteiger partial charge in [0.25, 0.3) is 0 Å². The number of fused-ring (bicyclic) bond motifs is 1. The number of para-hydroxylation sites is 1. The van der Waals surface area contributed by atoms with Crippen molar-refractivity contribution >= 4 is 29.5 Å². The maximum Gasteiger partial charge on any atom is 0.335 e. The van der Waals surface area contributed by atoms with Gasteiger partial charge in [-0.05, 0) is 43.7 Å². The first-order chi connectivity index (χ1) is 13.5. The zero-order valence-electron chi connectivity index (χ0n) is 15.4. The van der Waals surface area contributed by atoms with E-state index in [0.29, 0.717) is 5.82 Å². The molecule has 2 N–H and O–H groups in total. The number of benzene rings is 2. The molecule has 0 unspecified atom stereocenters. The Morgan fingerprint density at radius 1 is 1.14 bits per heavy atom. The summed E-state index contributed by atoms with van der Waals surface area (Å²) < 4.78 is 1.76. The van der Waals surface area contributed by atoms with Crippen LogP contribution in [0.1, 0.15) is 39.4 Å². The van der Waals surface area contributed by atoms with Gasteiger partial charge >= 0.3 is 5.97 Å². The largest absolute Gasteiger partial charge is 0.478 e. The Hall–Kier alpha value is -3.06. The van der Waals surface area contributed by atoms with Crippen molar-refractivity contribution in [2.45, 2.75) is 24.3 Å². The number of amides is 1. The maximum atomic E-state index is 12.6. The molecule has 7 heteroatoms. The lowest BCUT2D eigenvalue weighted by atomic mass is 10.0. The van der Waals surface area contributed by atoms with Crippen molar-refractivity contribution < 1.29 is 14.7 Å². The number of anilines is 1. The minimum atomic E-state index is -0.959. The Kier molecular flexibility index (Phi) is 4.68. The number of carboxylic acid groups (broad SMARTS) is 1. The average Bonchev–Trinajstić information content (AvgIpc) is 2.95. The number of thioether (sulfide) groups is 1. The highest BCUT2D eigenvalue weighted by Crippen LogP contribution is 2.46. The summed E-state index contributed by atoms with van der Waals surface area (Å²) in [6.45, 7) is 3.81. The van der Waals surface area contributed by atoms with Gasteiger partial charge in [0, 0.05) is 5.56 Å². The lowest BCUT2D eigenvalue weighted by Crippen LogP contribution is -2.22. The molecule has 2 heterocycles. The zero-order valence-corrected chi connectivity index (χ0v) is 16.2. The number of aromatic nitrogens is 2. The van der Waals surface area contributed by atoms with Crippen LogP contribution >= 0.6 is 11.8 Å². The van der Waals surface area contributed by atoms with Crippen molar-refractivity contribution in [3.8, 4) is 5.69 Å². The minimum absolute atomic E-state index is 0.0759. The van der Waals surface area contributed by atoms with Crippen LogP contribution in [0.2, 0.25) is 0 Å². The Morgan fingerprint density at radius 2 is 1.82 bits per heavy atom. The Balaban J connectivity index is 1.87. The minimum Gasteiger partial charge on any atom is -0.478 e. The third-order valence-corrected chi connectivity index (χ3v) is 6.18. The van der Waals surface area contributed by atoms with E-state index in [-0.39, 0.29) is 22.0 Å². The molecule has 0 fully saturated rings. The first-order valence-electron chi connectivity index (χ1n) is 8.90. The van der Waals surface area contributed by atoms with Crippen LogP contribution in [0, 0.1) is 6.92 Å². The fourth-order valence-electron chi connectivity index (χ4n) is 3.33. The number of carbonyl (C=O) groups excluding carboxylic acids is 1. The summed E-state index contributed by atoms with van der Waals surface area (Å²) in [7, 11) is 0. The summed E-state index contributed by atoms with van der Waals surface area (Å²) >= 11 is 1.54. The molecule has 1 aromatic heterocycles. The first-order valence-corrected chi connectivity index (χ1v) is 9.84. The number of hydrogen-bond donors (Lipinski definition) is 2. The maximum absolute atomic E-state index is 12.6. The zero-order chi connectivity index (χ0) is 19.8. The molecule has 2 aromatic carbocycles. The third-order valence-electron chi connectivity index (χ3n) is 4.78. The van der Waals surface area contributed by atoms with Crippen molar-refractivity contribution in [1.29, 1.82) is 0 Å². The molecule has 0 saturated heterocycles. The summed E-state index contributed by atoms with van der Waals surface area (Å²) in [4.78, 5) is 23.8. The quantitative estimate of drug-likeness (QED) is 0.702. The van der Waals surface area contributed by atoms with E-state index in [2.05, 4.69) is 10.4 Å². The van der Waals surface area contributed by atoms with Gasteiger partial charge in [0.1, 0.15) is 5.82 Å².